The van der Waals surface area contributed by atoms with Gasteiger partial charge in [0.2, 0.25) is 6.79 Å². The Labute approximate surface area is 300 Å². The number of nitrogens with zero attached hydrogens (tertiary/aromatic N) is 1. The van der Waals surface area contributed by atoms with E-state index in [-0.39, 0.29) is 18.9 Å². The van der Waals surface area contributed by atoms with Crippen LogP contribution in [0.2, 0.25) is 0 Å². The fourth-order valence-electron chi connectivity index (χ4n) is 6.28. The molecule has 1 amide bonds. The van der Waals surface area contributed by atoms with Gasteiger partial charge in [0.1, 0.15) is 11.9 Å². The first-order chi connectivity index (χ1) is 24.1. The van der Waals surface area contributed by atoms with Gasteiger partial charge in [-0.05, 0) is 34.7 Å². The van der Waals surface area contributed by atoms with Crippen molar-refractivity contribution in [1.82, 2.24) is 4.90 Å². The van der Waals surface area contributed by atoms with Crippen LogP contribution in [0.1, 0.15) is 153 Å². The Balaban J connectivity index is 1.15. The third-order valence-electron chi connectivity index (χ3n) is 9.36. The first kappa shape index (κ1) is 40.4. The number of fused-ring (bicyclic) bond motifs is 1. The van der Waals surface area contributed by atoms with Crippen LogP contribution in [-0.4, -0.2) is 37.3 Å². The second-order valence-electron chi connectivity index (χ2n) is 13.5. The van der Waals surface area contributed by atoms with Crippen LogP contribution in [-0.2, 0) is 14.3 Å². The summed E-state index contributed by atoms with van der Waals surface area (Å²) in [6, 6.07) is 16.3. The molecule has 1 heterocycles. The number of thiophene rings is 1. The number of amides is 1. The van der Waals surface area contributed by atoms with Crippen molar-refractivity contribution < 1.29 is 23.8 Å². The maximum Gasteiger partial charge on any atom is 0.412 e. The number of benzene rings is 2. The number of unbranched alkanes of at least 4 members (excludes halogenated alkanes) is 18. The highest BCUT2D eigenvalue weighted by Crippen LogP contribution is 2.32. The summed E-state index contributed by atoms with van der Waals surface area (Å²) >= 11 is 1.62. The molecular formula is C42H63NO5S. The maximum absolute atomic E-state index is 12.6. The van der Waals surface area contributed by atoms with Gasteiger partial charge in [-0.2, -0.15) is 11.3 Å². The molecule has 0 saturated carbocycles. The van der Waals surface area contributed by atoms with Crippen molar-refractivity contribution in [2.45, 2.75) is 148 Å². The van der Waals surface area contributed by atoms with Crippen LogP contribution < -0.4 is 4.74 Å². The highest BCUT2D eigenvalue weighted by atomic mass is 32.1. The molecule has 0 saturated heterocycles. The fourth-order valence-corrected chi connectivity index (χ4v) is 6.98. The van der Waals surface area contributed by atoms with E-state index >= 15 is 0 Å². The van der Waals surface area contributed by atoms with E-state index in [0.717, 1.165) is 41.3 Å². The summed E-state index contributed by atoms with van der Waals surface area (Å²) in [7, 11) is 1.69. The lowest BCUT2D eigenvalue weighted by Gasteiger charge is -2.23. The zero-order valence-corrected chi connectivity index (χ0v) is 31.3. The fraction of sp³-hybridized carbons (Fsp3) is 0.619. The van der Waals surface area contributed by atoms with Crippen LogP contribution in [0.4, 0.5) is 4.79 Å². The molecule has 0 fully saturated rings. The number of hydrogen-bond acceptors (Lipinski definition) is 6. The Kier molecular flexibility index (Phi) is 21.3. The minimum absolute atomic E-state index is 0.218. The van der Waals surface area contributed by atoms with Crippen LogP contribution in [0.15, 0.2) is 59.3 Å². The van der Waals surface area contributed by atoms with Gasteiger partial charge in [-0.25, -0.2) is 4.79 Å². The van der Waals surface area contributed by atoms with Crippen LogP contribution in [0, 0.1) is 0 Å². The van der Waals surface area contributed by atoms with Crippen molar-refractivity contribution in [3.8, 4) is 5.75 Å². The maximum atomic E-state index is 12.6. The Morgan fingerprint density at radius 2 is 1.27 bits per heavy atom. The molecule has 272 valence electrons. The molecule has 0 aliphatic carbocycles. The normalized spacial score (nSPS) is 11.8. The summed E-state index contributed by atoms with van der Waals surface area (Å²) in [6.45, 7) is 2.35. The van der Waals surface area contributed by atoms with Crippen molar-refractivity contribution in [3.05, 3.63) is 64.9 Å². The molecule has 2 aromatic carbocycles. The molecule has 0 aliphatic heterocycles. The molecule has 3 aromatic rings. The molecule has 49 heavy (non-hydrogen) atoms. The molecule has 7 heteroatoms. The SMILES string of the molecule is CCCCCCCCCCCCCCCCCCCCCC(=O)OCOC(=O)N(C)CCC(Oc1cccc2ccccc12)c1ccsc1. The summed E-state index contributed by atoms with van der Waals surface area (Å²) in [5.41, 5.74) is 1.07. The average Bonchev–Trinajstić information content (AvgIpc) is 3.66. The Morgan fingerprint density at radius 1 is 0.694 bits per heavy atom. The van der Waals surface area contributed by atoms with Gasteiger partial charge in [0.15, 0.2) is 0 Å². The van der Waals surface area contributed by atoms with Gasteiger partial charge in [0.05, 0.1) is 0 Å². The largest absolute Gasteiger partial charge is 0.485 e. The minimum atomic E-state index is -0.523. The molecule has 0 bridgehead atoms. The second-order valence-corrected chi connectivity index (χ2v) is 14.3. The lowest BCUT2D eigenvalue weighted by Crippen LogP contribution is -2.30. The quantitative estimate of drug-likeness (QED) is 0.0430. The zero-order valence-electron chi connectivity index (χ0n) is 30.5. The molecule has 1 aromatic heterocycles. The smallest absolute Gasteiger partial charge is 0.412 e. The summed E-state index contributed by atoms with van der Waals surface area (Å²) in [5.74, 6) is 0.500. The van der Waals surface area contributed by atoms with Crippen LogP contribution in [0.3, 0.4) is 0 Å². The summed E-state index contributed by atoms with van der Waals surface area (Å²) in [5, 5.41) is 6.28. The zero-order chi connectivity index (χ0) is 34.8. The van der Waals surface area contributed by atoms with E-state index in [0.29, 0.717) is 19.4 Å². The first-order valence-corrected chi connectivity index (χ1v) is 20.2. The number of rotatable bonds is 28. The topological polar surface area (TPSA) is 65.1 Å². The third-order valence-corrected chi connectivity index (χ3v) is 10.1. The van der Waals surface area contributed by atoms with Crippen molar-refractivity contribution in [2.75, 3.05) is 20.4 Å². The molecule has 0 spiro atoms. The van der Waals surface area contributed by atoms with Crippen LogP contribution in [0.5, 0.6) is 5.75 Å². The summed E-state index contributed by atoms with van der Waals surface area (Å²) < 4.78 is 16.9. The van der Waals surface area contributed by atoms with Crippen LogP contribution in [0.25, 0.3) is 10.8 Å². The molecule has 1 atom stereocenters. The highest BCUT2D eigenvalue weighted by Gasteiger charge is 2.19. The van der Waals surface area contributed by atoms with Gasteiger partial charge >= 0.3 is 12.1 Å². The summed E-state index contributed by atoms with van der Waals surface area (Å²) in [6.07, 6.45) is 25.3. The van der Waals surface area contributed by atoms with Gasteiger partial charge in [-0.3, -0.25) is 4.79 Å². The average molecular weight is 694 g/mol. The number of esters is 1. The van der Waals surface area contributed by atoms with Crippen LogP contribution >= 0.6 is 11.3 Å². The molecule has 0 aliphatic rings. The number of ether oxygens (including phenoxy) is 3. The van der Waals surface area contributed by atoms with Gasteiger partial charge < -0.3 is 19.1 Å². The third kappa shape index (κ3) is 17.4. The Hall–Kier alpha value is -3.06. The van der Waals surface area contributed by atoms with Gasteiger partial charge in [0.25, 0.3) is 0 Å². The van der Waals surface area contributed by atoms with Crippen molar-refractivity contribution in [2.24, 2.45) is 0 Å². The van der Waals surface area contributed by atoms with E-state index in [2.05, 4.69) is 36.6 Å². The number of hydrogen-bond donors (Lipinski definition) is 0. The monoisotopic (exact) mass is 693 g/mol. The molecule has 0 N–H and O–H groups in total. The lowest BCUT2D eigenvalue weighted by atomic mass is 10.0. The molecule has 1 unspecified atom stereocenters. The predicted molar refractivity (Wildman–Crippen MR) is 204 cm³/mol. The van der Waals surface area contributed by atoms with Gasteiger partial charge in [-0.1, -0.05) is 159 Å². The Bertz CT molecular complexity index is 1270. The predicted octanol–water partition coefficient (Wildman–Crippen LogP) is 12.8. The van der Waals surface area contributed by atoms with E-state index in [4.69, 9.17) is 14.2 Å². The second kappa shape index (κ2) is 25.8. The van der Waals surface area contributed by atoms with Crippen molar-refractivity contribution in [3.63, 3.8) is 0 Å². The number of carbonyl (C=O) groups excluding carboxylic acids is 2. The van der Waals surface area contributed by atoms with Crippen molar-refractivity contribution >= 4 is 34.2 Å². The van der Waals surface area contributed by atoms with Gasteiger partial charge in [0, 0.05) is 37.4 Å². The first-order valence-electron chi connectivity index (χ1n) is 19.3. The van der Waals surface area contributed by atoms with E-state index in [1.165, 1.54) is 108 Å². The molecule has 0 radical (unpaired) electrons. The van der Waals surface area contributed by atoms with E-state index in [1.807, 2.05) is 29.6 Å². The van der Waals surface area contributed by atoms with E-state index < -0.39 is 6.09 Å². The molecular weight excluding hydrogens is 631 g/mol. The van der Waals surface area contributed by atoms with E-state index in [9.17, 15) is 9.59 Å². The van der Waals surface area contributed by atoms with Crippen molar-refractivity contribution in [1.29, 1.82) is 0 Å². The summed E-state index contributed by atoms with van der Waals surface area (Å²) in [4.78, 5) is 26.2. The standard InChI is InChI=1S/C42H63NO5S/c1-3-4-5-6-7-8-9-10-11-12-13-14-15-16-17-18-19-20-21-29-41(44)46-35-47-42(45)43(2)32-30-39(37-31-33-49-34-37)48-40-28-24-26-36-25-22-23-27-38(36)40/h22-28,31,33-34,39H,3-21,29-30,32,35H2,1-2H3. The van der Waals surface area contributed by atoms with Gasteiger partial charge in [-0.15, -0.1) is 0 Å². The molecule has 3 rings (SSSR count). The molecule has 6 nitrogen and oxygen atoms in total. The highest BCUT2D eigenvalue weighted by molar-refractivity contribution is 7.08. The lowest BCUT2D eigenvalue weighted by molar-refractivity contribution is -0.152. The minimum Gasteiger partial charge on any atom is -0.485 e. The van der Waals surface area contributed by atoms with E-state index in [1.54, 1.807) is 18.4 Å². The Morgan fingerprint density at radius 3 is 1.86 bits per heavy atom. The number of carbonyl (C=O) groups is 2.